The zero-order valence-electron chi connectivity index (χ0n) is 16.2. The number of hydrogen-bond donors (Lipinski definition) is 2. The van der Waals surface area contributed by atoms with Crippen molar-refractivity contribution in [2.24, 2.45) is 11.1 Å². The van der Waals surface area contributed by atoms with E-state index in [0.717, 1.165) is 19.3 Å². The van der Waals surface area contributed by atoms with Gasteiger partial charge in [-0.3, -0.25) is 9.59 Å². The lowest BCUT2D eigenvalue weighted by Crippen LogP contribution is -2.39. The molecule has 144 valence electrons. The molecule has 1 aliphatic carbocycles. The van der Waals surface area contributed by atoms with Gasteiger partial charge in [-0.2, -0.15) is 0 Å². The molecule has 3 N–H and O–H groups in total. The maximum Gasteiger partial charge on any atom is 0.256 e. The van der Waals surface area contributed by atoms with Crippen LogP contribution in [-0.2, 0) is 12.8 Å². The van der Waals surface area contributed by atoms with Crippen LogP contribution in [0.3, 0.4) is 0 Å². The molecule has 1 heterocycles. The average Bonchev–Trinajstić information content (AvgIpc) is 3.28. The molecule has 2 aromatic rings. The van der Waals surface area contributed by atoms with Gasteiger partial charge in [-0.25, -0.2) is 0 Å². The van der Waals surface area contributed by atoms with E-state index in [1.165, 1.54) is 22.5 Å². The summed E-state index contributed by atoms with van der Waals surface area (Å²) in [4.78, 5) is 27.2. The largest absolute Gasteiger partial charge is 0.341 e. The highest BCUT2D eigenvalue weighted by molar-refractivity contribution is 7.14. The minimum Gasteiger partial charge on any atom is -0.341 e. The third-order valence-corrected chi connectivity index (χ3v) is 5.88. The van der Waals surface area contributed by atoms with Gasteiger partial charge in [0.05, 0.1) is 5.56 Å². The van der Waals surface area contributed by atoms with Crippen LogP contribution in [0.25, 0.3) is 0 Å². The number of benzene rings is 1. The number of hydrogen-bond acceptors (Lipinski definition) is 4. The monoisotopic (exact) mass is 385 g/mol. The van der Waals surface area contributed by atoms with Crippen LogP contribution in [-0.4, -0.2) is 36.9 Å². The summed E-state index contributed by atoms with van der Waals surface area (Å²) in [7, 11) is 1.77. The van der Waals surface area contributed by atoms with E-state index >= 15 is 0 Å². The highest BCUT2D eigenvalue weighted by atomic mass is 32.1. The SMILES string of the molecule is CN(CC(C)(C)CN)C(=O)c1ccsc1NC(=O)c1ccc2c(c1)CCC2. The Kier molecular flexibility index (Phi) is 5.67. The van der Waals surface area contributed by atoms with Gasteiger partial charge in [0.15, 0.2) is 0 Å². The molecule has 5 nitrogen and oxygen atoms in total. The van der Waals surface area contributed by atoms with E-state index < -0.39 is 0 Å². The Hall–Kier alpha value is -2.18. The Bertz CT molecular complexity index is 857. The molecule has 6 heteroatoms. The molecule has 0 unspecified atom stereocenters. The van der Waals surface area contributed by atoms with Crippen LogP contribution in [0.1, 0.15) is 52.1 Å². The highest BCUT2D eigenvalue weighted by Gasteiger charge is 2.24. The van der Waals surface area contributed by atoms with Crippen molar-refractivity contribution in [3.63, 3.8) is 0 Å². The lowest BCUT2D eigenvalue weighted by Gasteiger charge is -2.29. The van der Waals surface area contributed by atoms with Crippen molar-refractivity contribution in [3.05, 3.63) is 51.9 Å². The average molecular weight is 386 g/mol. The number of nitrogens with two attached hydrogens (primary N) is 1. The van der Waals surface area contributed by atoms with E-state index in [0.29, 0.717) is 29.2 Å². The molecule has 0 spiro atoms. The summed E-state index contributed by atoms with van der Waals surface area (Å²) in [5.74, 6) is -0.284. The fourth-order valence-electron chi connectivity index (χ4n) is 3.45. The molecule has 0 atom stereocenters. The number of carbonyl (C=O) groups excluding carboxylic acids is 2. The number of anilines is 1. The number of nitrogens with one attached hydrogen (secondary N) is 1. The molecule has 1 aliphatic rings. The van der Waals surface area contributed by atoms with E-state index in [2.05, 4.69) is 5.32 Å². The third kappa shape index (κ3) is 4.39. The minimum atomic E-state index is -0.175. The number of amides is 2. The zero-order valence-corrected chi connectivity index (χ0v) is 17.0. The normalized spacial score (nSPS) is 13.3. The fourth-order valence-corrected chi connectivity index (χ4v) is 4.22. The van der Waals surface area contributed by atoms with E-state index in [1.54, 1.807) is 18.0 Å². The second kappa shape index (κ2) is 7.82. The first-order valence-corrected chi connectivity index (χ1v) is 10.1. The summed E-state index contributed by atoms with van der Waals surface area (Å²) >= 11 is 1.36. The van der Waals surface area contributed by atoms with Crippen LogP contribution in [0, 0.1) is 5.41 Å². The van der Waals surface area contributed by atoms with Gasteiger partial charge in [-0.05, 0) is 65.9 Å². The molecule has 2 amide bonds. The maximum atomic E-state index is 12.8. The quantitative estimate of drug-likeness (QED) is 0.798. The second-order valence-electron chi connectivity index (χ2n) is 7.98. The maximum absolute atomic E-state index is 12.8. The molecule has 0 saturated heterocycles. The molecule has 0 saturated carbocycles. The summed E-state index contributed by atoms with van der Waals surface area (Å²) in [5, 5.41) is 5.33. The van der Waals surface area contributed by atoms with Crippen LogP contribution < -0.4 is 11.1 Å². The van der Waals surface area contributed by atoms with Gasteiger partial charge in [0, 0.05) is 19.2 Å². The zero-order chi connectivity index (χ0) is 19.6. The number of carbonyl (C=O) groups is 2. The molecule has 0 bridgehead atoms. The van der Waals surface area contributed by atoms with Crippen molar-refractivity contribution in [1.82, 2.24) is 4.90 Å². The second-order valence-corrected chi connectivity index (χ2v) is 8.90. The van der Waals surface area contributed by atoms with Crippen LogP contribution >= 0.6 is 11.3 Å². The standard InChI is InChI=1S/C21H27N3O2S/c1-21(2,12-22)13-24(3)20(26)17-9-10-27-19(17)23-18(25)16-8-7-14-5-4-6-15(14)11-16/h7-11H,4-6,12-13,22H2,1-3H3,(H,23,25). The van der Waals surface area contributed by atoms with Crippen molar-refractivity contribution in [3.8, 4) is 0 Å². The number of nitrogens with zero attached hydrogens (tertiary/aromatic N) is 1. The van der Waals surface area contributed by atoms with Crippen molar-refractivity contribution < 1.29 is 9.59 Å². The lowest BCUT2D eigenvalue weighted by molar-refractivity contribution is 0.0742. The molecule has 0 aliphatic heterocycles. The van der Waals surface area contributed by atoms with Gasteiger partial charge < -0.3 is 16.0 Å². The van der Waals surface area contributed by atoms with Crippen molar-refractivity contribution >= 4 is 28.2 Å². The van der Waals surface area contributed by atoms with Crippen LogP contribution in [0.4, 0.5) is 5.00 Å². The number of aryl methyl sites for hydroxylation is 2. The minimum absolute atomic E-state index is 0.109. The predicted octanol–water partition coefficient (Wildman–Crippen LogP) is 3.55. The van der Waals surface area contributed by atoms with Gasteiger partial charge >= 0.3 is 0 Å². The molecule has 0 radical (unpaired) electrons. The Morgan fingerprint density at radius 2 is 1.96 bits per heavy atom. The Morgan fingerprint density at radius 3 is 2.70 bits per heavy atom. The Balaban J connectivity index is 1.73. The number of thiophene rings is 1. The van der Waals surface area contributed by atoms with E-state index in [4.69, 9.17) is 5.73 Å². The smallest absolute Gasteiger partial charge is 0.256 e. The molecule has 1 aromatic carbocycles. The van der Waals surface area contributed by atoms with Crippen molar-refractivity contribution in [2.45, 2.75) is 33.1 Å². The van der Waals surface area contributed by atoms with Gasteiger partial charge in [0.25, 0.3) is 11.8 Å². The topological polar surface area (TPSA) is 75.4 Å². The Labute approximate surface area is 164 Å². The summed E-state index contributed by atoms with van der Waals surface area (Å²) in [6.45, 7) is 5.11. The fraction of sp³-hybridized carbons (Fsp3) is 0.429. The van der Waals surface area contributed by atoms with Gasteiger partial charge in [-0.1, -0.05) is 19.9 Å². The van der Waals surface area contributed by atoms with Crippen molar-refractivity contribution in [2.75, 3.05) is 25.5 Å². The number of rotatable bonds is 6. The third-order valence-electron chi connectivity index (χ3n) is 5.05. The Morgan fingerprint density at radius 1 is 1.22 bits per heavy atom. The van der Waals surface area contributed by atoms with Gasteiger partial charge in [-0.15, -0.1) is 11.3 Å². The summed E-state index contributed by atoms with van der Waals surface area (Å²) in [6.07, 6.45) is 3.27. The molecule has 1 aromatic heterocycles. The lowest BCUT2D eigenvalue weighted by atomic mass is 9.93. The van der Waals surface area contributed by atoms with E-state index in [1.807, 2.05) is 37.4 Å². The van der Waals surface area contributed by atoms with Gasteiger partial charge in [0.2, 0.25) is 0 Å². The molecule has 27 heavy (non-hydrogen) atoms. The highest BCUT2D eigenvalue weighted by Crippen LogP contribution is 2.27. The van der Waals surface area contributed by atoms with Crippen LogP contribution in [0.5, 0.6) is 0 Å². The first kappa shape index (κ1) is 19.6. The molecule has 3 rings (SSSR count). The van der Waals surface area contributed by atoms with Crippen molar-refractivity contribution in [1.29, 1.82) is 0 Å². The predicted molar refractivity (Wildman–Crippen MR) is 111 cm³/mol. The van der Waals surface area contributed by atoms with E-state index in [-0.39, 0.29) is 17.2 Å². The van der Waals surface area contributed by atoms with E-state index in [9.17, 15) is 9.59 Å². The first-order valence-electron chi connectivity index (χ1n) is 9.27. The van der Waals surface area contributed by atoms with Crippen LogP contribution in [0.15, 0.2) is 29.6 Å². The molecule has 0 fully saturated rings. The van der Waals surface area contributed by atoms with Gasteiger partial charge in [0.1, 0.15) is 5.00 Å². The first-order chi connectivity index (χ1) is 12.8. The summed E-state index contributed by atoms with van der Waals surface area (Å²) in [6, 6.07) is 7.64. The molecular weight excluding hydrogens is 358 g/mol. The number of fused-ring (bicyclic) bond motifs is 1. The summed E-state index contributed by atoms with van der Waals surface area (Å²) in [5.41, 5.74) is 9.37. The molecular formula is C21H27N3O2S. The van der Waals surface area contributed by atoms with Crippen LogP contribution in [0.2, 0.25) is 0 Å². The summed E-state index contributed by atoms with van der Waals surface area (Å²) < 4.78 is 0.